The van der Waals surface area contributed by atoms with E-state index in [-0.39, 0.29) is 5.91 Å². The molecule has 0 atom stereocenters. The fourth-order valence-electron chi connectivity index (χ4n) is 2.59. The predicted molar refractivity (Wildman–Crippen MR) is 88.1 cm³/mol. The summed E-state index contributed by atoms with van der Waals surface area (Å²) in [5.74, 6) is 0.613. The highest BCUT2D eigenvalue weighted by Gasteiger charge is 2.12. The standard InChI is InChI=1S/C16H22N6O/c23-16(4-9-21-11-7-18-8-12-21)19-15-3-10-22(20-15)13-14-1-5-17-6-2-14/h1-3,5-6,10,18H,4,7-9,11-13H2,(H,19,20,23). The molecular formula is C16H22N6O. The maximum Gasteiger partial charge on any atom is 0.226 e. The third-order valence-corrected chi connectivity index (χ3v) is 3.87. The molecule has 1 amide bonds. The monoisotopic (exact) mass is 314 g/mol. The van der Waals surface area contributed by atoms with Crippen LogP contribution in [0.1, 0.15) is 12.0 Å². The highest BCUT2D eigenvalue weighted by atomic mass is 16.1. The molecule has 3 heterocycles. The summed E-state index contributed by atoms with van der Waals surface area (Å²) >= 11 is 0. The smallest absolute Gasteiger partial charge is 0.226 e. The highest BCUT2D eigenvalue weighted by Crippen LogP contribution is 2.06. The number of nitrogens with zero attached hydrogens (tertiary/aromatic N) is 4. The molecule has 1 aliphatic rings. The Bertz CT molecular complexity index is 621. The average molecular weight is 314 g/mol. The van der Waals surface area contributed by atoms with Crippen molar-refractivity contribution in [3.63, 3.8) is 0 Å². The number of anilines is 1. The van der Waals surface area contributed by atoms with Crippen LogP contribution in [0.15, 0.2) is 36.8 Å². The lowest BCUT2D eigenvalue weighted by molar-refractivity contribution is -0.116. The zero-order valence-corrected chi connectivity index (χ0v) is 13.1. The van der Waals surface area contributed by atoms with E-state index in [1.807, 2.05) is 24.4 Å². The van der Waals surface area contributed by atoms with E-state index in [0.717, 1.165) is 38.3 Å². The van der Waals surface area contributed by atoms with Crippen LogP contribution >= 0.6 is 0 Å². The number of carbonyl (C=O) groups excluding carboxylic acids is 1. The first-order chi connectivity index (χ1) is 11.3. The molecule has 0 bridgehead atoms. The minimum atomic E-state index is 0.0118. The second-order valence-corrected chi connectivity index (χ2v) is 5.64. The Morgan fingerprint density at radius 2 is 2.00 bits per heavy atom. The van der Waals surface area contributed by atoms with Crippen molar-refractivity contribution in [3.8, 4) is 0 Å². The quantitative estimate of drug-likeness (QED) is 0.815. The molecule has 3 rings (SSSR count). The van der Waals surface area contributed by atoms with Gasteiger partial charge in [0, 0.05) is 63.8 Å². The van der Waals surface area contributed by atoms with Gasteiger partial charge in [-0.15, -0.1) is 0 Å². The van der Waals surface area contributed by atoms with Crippen LogP contribution in [0.5, 0.6) is 0 Å². The highest BCUT2D eigenvalue weighted by molar-refractivity contribution is 5.89. The number of carbonyl (C=O) groups is 1. The number of aromatic nitrogens is 3. The van der Waals surface area contributed by atoms with Crippen LogP contribution in [0.2, 0.25) is 0 Å². The lowest BCUT2D eigenvalue weighted by Crippen LogP contribution is -2.44. The van der Waals surface area contributed by atoms with Gasteiger partial charge in [-0.05, 0) is 17.7 Å². The van der Waals surface area contributed by atoms with Crippen molar-refractivity contribution in [2.45, 2.75) is 13.0 Å². The molecule has 1 saturated heterocycles. The molecule has 2 N–H and O–H groups in total. The molecule has 7 heteroatoms. The van der Waals surface area contributed by atoms with Gasteiger partial charge < -0.3 is 15.5 Å². The number of rotatable bonds is 6. The Hall–Kier alpha value is -2.25. The van der Waals surface area contributed by atoms with E-state index in [1.165, 1.54) is 0 Å². The average Bonchev–Trinajstić information content (AvgIpc) is 3.02. The van der Waals surface area contributed by atoms with Crippen molar-refractivity contribution in [1.82, 2.24) is 25.0 Å². The van der Waals surface area contributed by atoms with Gasteiger partial charge in [0.05, 0.1) is 6.54 Å². The summed E-state index contributed by atoms with van der Waals surface area (Å²) in [6, 6.07) is 5.73. The number of amides is 1. The van der Waals surface area contributed by atoms with Crippen molar-refractivity contribution in [2.24, 2.45) is 0 Å². The lowest BCUT2D eigenvalue weighted by atomic mass is 10.3. The first-order valence-corrected chi connectivity index (χ1v) is 7.95. The van der Waals surface area contributed by atoms with Gasteiger partial charge in [0.1, 0.15) is 0 Å². The van der Waals surface area contributed by atoms with Crippen molar-refractivity contribution in [3.05, 3.63) is 42.4 Å². The summed E-state index contributed by atoms with van der Waals surface area (Å²) < 4.78 is 1.81. The second kappa shape index (κ2) is 7.85. The summed E-state index contributed by atoms with van der Waals surface area (Å²) in [6.45, 7) is 5.48. The van der Waals surface area contributed by atoms with Crippen LogP contribution in [0.25, 0.3) is 0 Å². The lowest BCUT2D eigenvalue weighted by Gasteiger charge is -2.26. The molecule has 2 aromatic heterocycles. The van der Waals surface area contributed by atoms with Crippen LogP contribution in [-0.4, -0.2) is 58.3 Å². The summed E-state index contributed by atoms with van der Waals surface area (Å²) in [5, 5.41) is 10.5. The molecule has 1 fully saturated rings. The summed E-state index contributed by atoms with van der Waals surface area (Å²) in [5.41, 5.74) is 1.12. The number of piperazine rings is 1. The molecule has 0 spiro atoms. The van der Waals surface area contributed by atoms with Gasteiger partial charge in [-0.2, -0.15) is 5.10 Å². The van der Waals surface area contributed by atoms with E-state index in [9.17, 15) is 4.79 Å². The third kappa shape index (κ3) is 4.87. The van der Waals surface area contributed by atoms with Crippen LogP contribution < -0.4 is 10.6 Å². The maximum absolute atomic E-state index is 12.0. The van der Waals surface area contributed by atoms with Crippen molar-refractivity contribution < 1.29 is 4.79 Å². The summed E-state index contributed by atoms with van der Waals surface area (Å²) in [7, 11) is 0. The van der Waals surface area contributed by atoms with E-state index < -0.39 is 0 Å². The first kappa shape index (κ1) is 15.6. The van der Waals surface area contributed by atoms with Crippen molar-refractivity contribution in [2.75, 3.05) is 38.0 Å². The van der Waals surface area contributed by atoms with Gasteiger partial charge >= 0.3 is 0 Å². The molecule has 0 aromatic carbocycles. The van der Waals surface area contributed by atoms with Gasteiger partial charge in [-0.25, -0.2) is 0 Å². The van der Waals surface area contributed by atoms with Gasteiger partial charge in [0.25, 0.3) is 0 Å². The third-order valence-electron chi connectivity index (χ3n) is 3.87. The molecule has 1 aliphatic heterocycles. The van der Waals surface area contributed by atoms with Gasteiger partial charge in [-0.1, -0.05) is 0 Å². The molecular weight excluding hydrogens is 292 g/mol. The summed E-state index contributed by atoms with van der Waals surface area (Å²) in [4.78, 5) is 18.3. The van der Waals surface area contributed by atoms with Crippen LogP contribution in [0.4, 0.5) is 5.82 Å². The number of nitrogens with one attached hydrogen (secondary N) is 2. The van der Waals surface area contributed by atoms with Gasteiger partial charge in [-0.3, -0.25) is 14.5 Å². The van der Waals surface area contributed by atoms with E-state index in [1.54, 1.807) is 17.1 Å². The zero-order valence-electron chi connectivity index (χ0n) is 13.1. The van der Waals surface area contributed by atoms with E-state index in [4.69, 9.17) is 0 Å². The maximum atomic E-state index is 12.0. The first-order valence-electron chi connectivity index (χ1n) is 7.95. The van der Waals surface area contributed by atoms with Crippen molar-refractivity contribution >= 4 is 11.7 Å². The normalized spacial score (nSPS) is 15.5. The molecule has 23 heavy (non-hydrogen) atoms. The Labute approximate surface area is 135 Å². The Morgan fingerprint density at radius 1 is 1.22 bits per heavy atom. The second-order valence-electron chi connectivity index (χ2n) is 5.64. The minimum Gasteiger partial charge on any atom is -0.314 e. The minimum absolute atomic E-state index is 0.0118. The van der Waals surface area contributed by atoms with Crippen LogP contribution in [0, 0.1) is 0 Å². The molecule has 2 aromatic rings. The van der Waals surface area contributed by atoms with Gasteiger partial charge in [0.15, 0.2) is 5.82 Å². The fraction of sp³-hybridized carbons (Fsp3) is 0.438. The Kier molecular flexibility index (Phi) is 5.33. The Morgan fingerprint density at radius 3 is 2.78 bits per heavy atom. The van der Waals surface area contributed by atoms with Crippen LogP contribution in [0.3, 0.4) is 0 Å². The molecule has 0 aliphatic carbocycles. The molecule has 0 unspecified atom stereocenters. The van der Waals surface area contributed by atoms with Gasteiger partial charge in [0.2, 0.25) is 5.91 Å². The fourth-order valence-corrected chi connectivity index (χ4v) is 2.59. The SMILES string of the molecule is O=C(CCN1CCNCC1)Nc1ccn(Cc2ccncc2)n1. The largest absolute Gasteiger partial charge is 0.314 e. The number of pyridine rings is 1. The van der Waals surface area contributed by atoms with E-state index >= 15 is 0 Å². The zero-order chi connectivity index (χ0) is 15.9. The number of hydrogen-bond acceptors (Lipinski definition) is 5. The summed E-state index contributed by atoms with van der Waals surface area (Å²) in [6.07, 6.45) is 5.89. The Balaban J connectivity index is 1.45. The van der Waals surface area contributed by atoms with Crippen molar-refractivity contribution in [1.29, 1.82) is 0 Å². The number of hydrogen-bond donors (Lipinski definition) is 2. The molecule has 122 valence electrons. The van der Waals surface area contributed by atoms with Crippen LogP contribution in [-0.2, 0) is 11.3 Å². The molecule has 7 nitrogen and oxygen atoms in total. The predicted octanol–water partition coefficient (Wildman–Crippen LogP) is 0.560. The topological polar surface area (TPSA) is 75.1 Å². The van der Waals surface area contributed by atoms with E-state index in [0.29, 0.717) is 18.8 Å². The molecule has 0 saturated carbocycles. The van der Waals surface area contributed by atoms with E-state index in [2.05, 4.69) is 25.6 Å². The molecule has 0 radical (unpaired) electrons.